The molecule has 9 heteroatoms. The van der Waals surface area contributed by atoms with Gasteiger partial charge in [0, 0.05) is 12.2 Å². The number of nitrogens with one attached hydrogen (secondary N) is 2. The van der Waals surface area contributed by atoms with E-state index in [9.17, 15) is 13.2 Å². The Bertz CT molecular complexity index is 971. The third kappa shape index (κ3) is 5.72. The fourth-order valence-electron chi connectivity index (χ4n) is 2.62. The molecule has 29 heavy (non-hydrogen) atoms. The second-order valence-corrected chi connectivity index (χ2v) is 7.74. The minimum Gasteiger partial charge on any atom is -0.493 e. The lowest BCUT2D eigenvalue weighted by Crippen LogP contribution is -2.25. The molecule has 0 heterocycles. The number of benzene rings is 2. The van der Waals surface area contributed by atoms with Crippen molar-refractivity contribution in [3.8, 4) is 17.2 Å². The Morgan fingerprint density at radius 2 is 1.66 bits per heavy atom. The summed E-state index contributed by atoms with van der Waals surface area (Å²) in [6.45, 7) is 3.65. The maximum absolute atomic E-state index is 12.7. The number of amides is 1. The Hall–Kier alpha value is -3.04. The first-order valence-corrected chi connectivity index (χ1v) is 10.3. The van der Waals surface area contributed by atoms with Crippen molar-refractivity contribution in [2.75, 3.05) is 33.2 Å². The van der Waals surface area contributed by atoms with Gasteiger partial charge in [-0.15, -0.1) is 6.58 Å². The van der Waals surface area contributed by atoms with Crippen molar-refractivity contribution >= 4 is 21.6 Å². The van der Waals surface area contributed by atoms with Crippen LogP contribution in [0.5, 0.6) is 17.2 Å². The fourth-order valence-corrected chi connectivity index (χ4v) is 3.72. The molecule has 1 amide bonds. The molecule has 0 unspecified atom stereocenters. The maximum Gasteiger partial charge on any atom is 0.259 e. The van der Waals surface area contributed by atoms with E-state index in [4.69, 9.17) is 14.2 Å². The fraction of sp³-hybridized carbons (Fsp3) is 0.250. The van der Waals surface area contributed by atoms with Gasteiger partial charge in [-0.25, -0.2) is 13.1 Å². The number of anilines is 1. The molecule has 0 fully saturated rings. The van der Waals surface area contributed by atoms with E-state index in [0.717, 1.165) is 0 Å². The van der Waals surface area contributed by atoms with Crippen molar-refractivity contribution < 1.29 is 27.4 Å². The molecule has 2 N–H and O–H groups in total. The number of hydrogen-bond donors (Lipinski definition) is 2. The summed E-state index contributed by atoms with van der Waals surface area (Å²) in [5.41, 5.74) is 1.36. The highest BCUT2D eigenvalue weighted by molar-refractivity contribution is 7.88. The summed E-state index contributed by atoms with van der Waals surface area (Å²) < 4.78 is 42.1. The lowest BCUT2D eigenvalue weighted by Gasteiger charge is -2.15. The largest absolute Gasteiger partial charge is 0.493 e. The van der Waals surface area contributed by atoms with Crippen LogP contribution >= 0.6 is 0 Å². The van der Waals surface area contributed by atoms with Gasteiger partial charge in [0.15, 0.2) is 11.5 Å². The molecule has 0 saturated heterocycles. The van der Waals surface area contributed by atoms with Crippen LogP contribution in [0.25, 0.3) is 0 Å². The highest BCUT2D eigenvalue weighted by atomic mass is 32.2. The van der Waals surface area contributed by atoms with E-state index in [2.05, 4.69) is 16.6 Å². The van der Waals surface area contributed by atoms with E-state index >= 15 is 0 Å². The van der Waals surface area contributed by atoms with Crippen LogP contribution in [0.4, 0.5) is 5.69 Å². The van der Waals surface area contributed by atoms with Gasteiger partial charge in [0.25, 0.3) is 5.91 Å². The van der Waals surface area contributed by atoms with Gasteiger partial charge in [-0.05, 0) is 29.8 Å². The average Bonchev–Trinajstić information content (AvgIpc) is 2.72. The number of methoxy groups -OCH3 is 3. The van der Waals surface area contributed by atoms with Gasteiger partial charge in [-0.1, -0.05) is 18.2 Å². The molecule has 0 radical (unpaired) electrons. The summed E-state index contributed by atoms with van der Waals surface area (Å²) in [4.78, 5) is 12.7. The molecule has 2 aromatic carbocycles. The molecule has 156 valence electrons. The lowest BCUT2D eigenvalue weighted by molar-refractivity contribution is 0.102. The monoisotopic (exact) mass is 420 g/mol. The van der Waals surface area contributed by atoms with Gasteiger partial charge in [-0.2, -0.15) is 0 Å². The highest BCUT2D eigenvalue weighted by Gasteiger charge is 2.20. The molecule has 0 aliphatic heterocycles. The second-order valence-electron chi connectivity index (χ2n) is 5.93. The number of carbonyl (C=O) groups excluding carboxylic acids is 1. The predicted molar refractivity (Wildman–Crippen MR) is 111 cm³/mol. The van der Waals surface area contributed by atoms with Gasteiger partial charge in [0.05, 0.1) is 32.6 Å². The summed E-state index contributed by atoms with van der Waals surface area (Å²) in [6.07, 6.45) is 1.47. The number of ether oxygens (including phenoxy) is 3. The Morgan fingerprint density at radius 1 is 1.00 bits per heavy atom. The van der Waals surface area contributed by atoms with Crippen LogP contribution in [0.2, 0.25) is 0 Å². The summed E-state index contributed by atoms with van der Waals surface area (Å²) >= 11 is 0. The van der Waals surface area contributed by atoms with Crippen LogP contribution in [-0.2, 0) is 15.8 Å². The molecule has 2 aromatic rings. The van der Waals surface area contributed by atoms with Crippen LogP contribution < -0.4 is 24.2 Å². The molecule has 0 atom stereocenters. The quantitative estimate of drug-likeness (QED) is 0.573. The normalized spacial score (nSPS) is 10.9. The smallest absolute Gasteiger partial charge is 0.259 e. The Labute approximate surface area is 170 Å². The van der Waals surface area contributed by atoms with Crippen LogP contribution in [-0.4, -0.2) is 42.2 Å². The summed E-state index contributed by atoms with van der Waals surface area (Å²) in [5.74, 6) is 0.432. The number of carbonyl (C=O) groups is 1. The van der Waals surface area contributed by atoms with Gasteiger partial charge < -0.3 is 19.5 Å². The van der Waals surface area contributed by atoms with E-state index in [1.54, 1.807) is 36.4 Å². The first kappa shape index (κ1) is 22.3. The number of hydrogen-bond acceptors (Lipinski definition) is 6. The highest BCUT2D eigenvalue weighted by Crippen LogP contribution is 2.39. The van der Waals surface area contributed by atoms with Gasteiger partial charge >= 0.3 is 0 Å². The van der Waals surface area contributed by atoms with E-state index in [1.807, 2.05) is 0 Å². The molecule has 2 rings (SSSR count). The minimum atomic E-state index is -3.45. The Morgan fingerprint density at radius 3 is 2.21 bits per heavy atom. The van der Waals surface area contributed by atoms with E-state index in [0.29, 0.717) is 22.7 Å². The predicted octanol–water partition coefficient (Wildman–Crippen LogP) is 2.57. The molecule has 8 nitrogen and oxygen atoms in total. The van der Waals surface area contributed by atoms with Crippen LogP contribution in [0.3, 0.4) is 0 Å². The summed E-state index contributed by atoms with van der Waals surface area (Å²) in [6, 6.07) is 9.71. The molecular weight excluding hydrogens is 396 g/mol. The number of rotatable bonds is 10. The zero-order valence-electron chi connectivity index (χ0n) is 16.5. The molecule has 0 saturated carbocycles. The molecule has 0 bridgehead atoms. The number of sulfonamides is 1. The van der Waals surface area contributed by atoms with Crippen LogP contribution in [0.1, 0.15) is 15.9 Å². The topological polar surface area (TPSA) is 103 Å². The van der Waals surface area contributed by atoms with Crippen molar-refractivity contribution in [3.63, 3.8) is 0 Å². The zero-order valence-corrected chi connectivity index (χ0v) is 17.3. The van der Waals surface area contributed by atoms with E-state index in [1.165, 1.54) is 27.4 Å². The summed E-state index contributed by atoms with van der Waals surface area (Å²) in [5, 5.41) is 2.75. The first-order valence-electron chi connectivity index (χ1n) is 8.62. The molecule has 0 aliphatic rings. The SMILES string of the molecule is C=CCNS(=O)(=O)Cc1ccc(NC(=O)c2ccc(OC)c(OC)c2OC)cc1. The second kappa shape index (κ2) is 9.94. The van der Waals surface area contributed by atoms with Crippen LogP contribution in [0, 0.1) is 0 Å². The molecule has 0 aliphatic carbocycles. The van der Waals surface area contributed by atoms with Crippen molar-refractivity contribution in [3.05, 3.63) is 60.2 Å². The van der Waals surface area contributed by atoms with Gasteiger partial charge in [0.2, 0.25) is 15.8 Å². The van der Waals surface area contributed by atoms with Gasteiger partial charge in [0.1, 0.15) is 0 Å². The standard InChI is InChI=1S/C20H24N2O6S/c1-5-12-21-29(24,25)13-14-6-8-15(9-7-14)22-20(23)16-10-11-17(26-2)19(28-4)18(16)27-3/h5-11,21H,1,12-13H2,2-4H3,(H,22,23). The minimum absolute atomic E-state index is 0.168. The molecule has 0 aromatic heterocycles. The Kier molecular flexibility index (Phi) is 7.63. The van der Waals surface area contributed by atoms with Crippen molar-refractivity contribution in [2.24, 2.45) is 0 Å². The molecule has 0 spiro atoms. The van der Waals surface area contributed by atoms with Crippen molar-refractivity contribution in [1.82, 2.24) is 4.72 Å². The van der Waals surface area contributed by atoms with E-state index < -0.39 is 15.9 Å². The van der Waals surface area contributed by atoms with Gasteiger partial charge in [-0.3, -0.25) is 4.79 Å². The zero-order chi connectivity index (χ0) is 21.4. The third-order valence-electron chi connectivity index (χ3n) is 3.96. The van der Waals surface area contributed by atoms with Crippen LogP contribution in [0.15, 0.2) is 49.1 Å². The maximum atomic E-state index is 12.7. The van der Waals surface area contributed by atoms with Crippen molar-refractivity contribution in [1.29, 1.82) is 0 Å². The lowest BCUT2D eigenvalue weighted by atomic mass is 10.1. The molecular formula is C20H24N2O6S. The summed E-state index contributed by atoms with van der Waals surface area (Å²) in [7, 11) is 0.933. The third-order valence-corrected chi connectivity index (χ3v) is 5.28. The Balaban J connectivity index is 2.17. The van der Waals surface area contributed by atoms with E-state index in [-0.39, 0.29) is 23.6 Å². The first-order chi connectivity index (χ1) is 13.8. The van der Waals surface area contributed by atoms with Crippen molar-refractivity contribution in [2.45, 2.75) is 5.75 Å². The average molecular weight is 420 g/mol.